The number of rotatable bonds is 3. The molecule has 1 aromatic rings. The highest BCUT2D eigenvalue weighted by Gasteiger charge is 2.40. The highest BCUT2D eigenvalue weighted by atomic mass is 32.2. The molecule has 0 aromatic heterocycles. The van der Waals surface area contributed by atoms with Gasteiger partial charge in [-0.3, -0.25) is 0 Å². The highest BCUT2D eigenvalue weighted by Crippen LogP contribution is 2.32. The standard InChI is InChI=1S/C12H13NO3S/c1-2-17(14,15)11-5-3-10(4-6-11)12(7-13)8-16-9-12/h3-6H,2,8-9H2,1H3. The molecule has 0 unspecified atom stereocenters. The monoisotopic (exact) mass is 251 g/mol. The molecule has 1 fully saturated rings. The van der Waals surface area contributed by atoms with Gasteiger partial charge in [0.15, 0.2) is 9.84 Å². The maximum absolute atomic E-state index is 11.6. The average Bonchev–Trinajstić information content (AvgIpc) is 2.29. The largest absolute Gasteiger partial charge is 0.377 e. The molecule has 1 aliphatic heterocycles. The predicted molar refractivity (Wildman–Crippen MR) is 62.3 cm³/mol. The molecular formula is C12H13NO3S. The van der Waals surface area contributed by atoms with E-state index in [0.717, 1.165) is 5.56 Å². The molecule has 1 aliphatic rings. The smallest absolute Gasteiger partial charge is 0.178 e. The van der Waals surface area contributed by atoms with E-state index in [4.69, 9.17) is 10.00 Å². The molecule has 17 heavy (non-hydrogen) atoms. The van der Waals surface area contributed by atoms with E-state index in [-0.39, 0.29) is 5.75 Å². The van der Waals surface area contributed by atoms with Gasteiger partial charge in [0.05, 0.1) is 29.9 Å². The molecule has 1 heterocycles. The molecule has 2 rings (SSSR count). The lowest BCUT2D eigenvalue weighted by Gasteiger charge is -2.35. The van der Waals surface area contributed by atoms with E-state index in [1.54, 1.807) is 31.2 Å². The van der Waals surface area contributed by atoms with Crippen LogP contribution in [-0.4, -0.2) is 27.4 Å². The number of sulfone groups is 1. The number of hydrogen-bond donors (Lipinski definition) is 0. The molecule has 0 bridgehead atoms. The van der Waals surface area contributed by atoms with Crippen LogP contribution in [0.4, 0.5) is 0 Å². The lowest BCUT2D eigenvalue weighted by atomic mass is 9.80. The summed E-state index contributed by atoms with van der Waals surface area (Å²) >= 11 is 0. The summed E-state index contributed by atoms with van der Waals surface area (Å²) in [7, 11) is -3.17. The van der Waals surface area contributed by atoms with E-state index >= 15 is 0 Å². The first-order valence-electron chi connectivity index (χ1n) is 5.36. The molecular weight excluding hydrogens is 238 g/mol. The maximum atomic E-state index is 11.6. The molecule has 1 aromatic carbocycles. The van der Waals surface area contributed by atoms with Crippen LogP contribution in [0.25, 0.3) is 0 Å². The first-order valence-corrected chi connectivity index (χ1v) is 7.01. The first kappa shape index (κ1) is 12.1. The molecule has 4 nitrogen and oxygen atoms in total. The Kier molecular flexibility index (Phi) is 2.94. The zero-order valence-electron chi connectivity index (χ0n) is 9.51. The van der Waals surface area contributed by atoms with Crippen molar-refractivity contribution in [3.8, 4) is 6.07 Å². The van der Waals surface area contributed by atoms with E-state index in [1.165, 1.54) is 0 Å². The minimum absolute atomic E-state index is 0.0822. The number of hydrogen-bond acceptors (Lipinski definition) is 4. The van der Waals surface area contributed by atoms with Gasteiger partial charge in [-0.05, 0) is 17.7 Å². The van der Waals surface area contributed by atoms with E-state index in [9.17, 15) is 8.42 Å². The van der Waals surface area contributed by atoms with E-state index in [1.807, 2.05) is 0 Å². The van der Waals surface area contributed by atoms with Gasteiger partial charge in [0.2, 0.25) is 0 Å². The third-order valence-electron chi connectivity index (χ3n) is 3.06. The number of nitriles is 1. The predicted octanol–water partition coefficient (Wildman–Crippen LogP) is 1.27. The van der Waals surface area contributed by atoms with Crippen LogP contribution < -0.4 is 0 Å². The second-order valence-electron chi connectivity index (χ2n) is 4.11. The topological polar surface area (TPSA) is 67.2 Å². The first-order chi connectivity index (χ1) is 8.04. The molecule has 1 saturated heterocycles. The molecule has 0 atom stereocenters. The summed E-state index contributed by atoms with van der Waals surface area (Å²) < 4.78 is 28.3. The lowest BCUT2D eigenvalue weighted by Crippen LogP contribution is -2.45. The Morgan fingerprint density at radius 2 is 1.94 bits per heavy atom. The van der Waals surface area contributed by atoms with Crippen molar-refractivity contribution in [3.05, 3.63) is 29.8 Å². The Balaban J connectivity index is 2.35. The van der Waals surface area contributed by atoms with Crippen LogP contribution in [0, 0.1) is 11.3 Å². The van der Waals surface area contributed by atoms with Gasteiger partial charge in [-0.15, -0.1) is 0 Å². The van der Waals surface area contributed by atoms with Crippen LogP contribution in [0.1, 0.15) is 12.5 Å². The van der Waals surface area contributed by atoms with Crippen LogP contribution in [0.15, 0.2) is 29.2 Å². The Hall–Kier alpha value is -1.38. The summed E-state index contributed by atoms with van der Waals surface area (Å²) in [4.78, 5) is 0.303. The highest BCUT2D eigenvalue weighted by molar-refractivity contribution is 7.91. The van der Waals surface area contributed by atoms with Gasteiger partial charge >= 0.3 is 0 Å². The van der Waals surface area contributed by atoms with Crippen molar-refractivity contribution in [2.75, 3.05) is 19.0 Å². The van der Waals surface area contributed by atoms with Crippen molar-refractivity contribution >= 4 is 9.84 Å². The van der Waals surface area contributed by atoms with E-state index in [2.05, 4.69) is 6.07 Å². The molecule has 0 N–H and O–H groups in total. The Labute approximate surface area is 101 Å². The minimum Gasteiger partial charge on any atom is -0.377 e. The Bertz CT molecular complexity index is 550. The third-order valence-corrected chi connectivity index (χ3v) is 4.81. The van der Waals surface area contributed by atoms with Crippen LogP contribution in [0.2, 0.25) is 0 Å². The van der Waals surface area contributed by atoms with Crippen molar-refractivity contribution in [3.63, 3.8) is 0 Å². The van der Waals surface area contributed by atoms with Crippen LogP contribution in [0.5, 0.6) is 0 Å². The van der Waals surface area contributed by atoms with Crippen LogP contribution in [0.3, 0.4) is 0 Å². The zero-order valence-corrected chi connectivity index (χ0v) is 10.3. The van der Waals surface area contributed by atoms with Crippen molar-refractivity contribution < 1.29 is 13.2 Å². The zero-order chi connectivity index (χ0) is 12.5. The SMILES string of the molecule is CCS(=O)(=O)c1ccc(C2(C#N)COC2)cc1. The van der Waals surface area contributed by atoms with Crippen molar-refractivity contribution in [2.45, 2.75) is 17.2 Å². The second-order valence-corrected chi connectivity index (χ2v) is 6.39. The molecule has 90 valence electrons. The summed E-state index contributed by atoms with van der Waals surface area (Å²) in [6.07, 6.45) is 0. The fourth-order valence-corrected chi connectivity index (χ4v) is 2.63. The Morgan fingerprint density at radius 3 is 2.29 bits per heavy atom. The maximum Gasteiger partial charge on any atom is 0.178 e. The lowest BCUT2D eigenvalue weighted by molar-refractivity contribution is -0.0298. The fraction of sp³-hybridized carbons (Fsp3) is 0.417. The van der Waals surface area contributed by atoms with Gasteiger partial charge in [0, 0.05) is 0 Å². The fourth-order valence-electron chi connectivity index (χ4n) is 1.75. The molecule has 0 radical (unpaired) electrons. The summed E-state index contributed by atoms with van der Waals surface area (Å²) in [6.45, 7) is 2.37. The van der Waals surface area contributed by atoms with Gasteiger partial charge < -0.3 is 4.74 Å². The quantitative estimate of drug-likeness (QED) is 0.811. The van der Waals surface area contributed by atoms with Gasteiger partial charge in [0.25, 0.3) is 0 Å². The Morgan fingerprint density at radius 1 is 1.35 bits per heavy atom. The molecule has 0 saturated carbocycles. The second kappa shape index (κ2) is 4.13. The van der Waals surface area contributed by atoms with Gasteiger partial charge in [0.1, 0.15) is 5.41 Å². The molecule has 0 aliphatic carbocycles. The molecule has 5 heteroatoms. The van der Waals surface area contributed by atoms with Crippen molar-refractivity contribution in [1.29, 1.82) is 5.26 Å². The summed E-state index contributed by atoms with van der Waals surface area (Å²) in [6, 6.07) is 8.76. The third kappa shape index (κ3) is 1.94. The minimum atomic E-state index is -3.17. The number of ether oxygens (including phenoxy) is 1. The molecule has 0 amide bonds. The van der Waals surface area contributed by atoms with E-state index in [0.29, 0.717) is 18.1 Å². The number of benzene rings is 1. The van der Waals surface area contributed by atoms with Gasteiger partial charge in [-0.25, -0.2) is 8.42 Å². The molecule has 0 spiro atoms. The summed E-state index contributed by atoms with van der Waals surface area (Å²) in [5.74, 6) is 0.0822. The summed E-state index contributed by atoms with van der Waals surface area (Å²) in [5, 5.41) is 9.12. The van der Waals surface area contributed by atoms with Crippen LogP contribution >= 0.6 is 0 Å². The van der Waals surface area contributed by atoms with Gasteiger partial charge in [-0.1, -0.05) is 19.1 Å². The van der Waals surface area contributed by atoms with Crippen molar-refractivity contribution in [2.24, 2.45) is 0 Å². The normalized spacial score (nSPS) is 18.1. The van der Waals surface area contributed by atoms with Gasteiger partial charge in [-0.2, -0.15) is 5.26 Å². The van der Waals surface area contributed by atoms with Crippen molar-refractivity contribution in [1.82, 2.24) is 0 Å². The summed E-state index contributed by atoms with van der Waals surface area (Å²) in [5.41, 5.74) is 0.232. The average molecular weight is 251 g/mol. The van der Waals surface area contributed by atoms with Crippen LogP contribution in [-0.2, 0) is 20.0 Å². The van der Waals surface area contributed by atoms with E-state index < -0.39 is 15.3 Å². The number of nitrogens with zero attached hydrogens (tertiary/aromatic N) is 1.